The number of carbonyl (C=O) groups excluding carboxylic acids is 3. The lowest BCUT2D eigenvalue weighted by Crippen LogP contribution is -2.32. The minimum absolute atomic E-state index is 0.0201. The number of benzene rings is 2. The maximum absolute atomic E-state index is 12.2. The predicted molar refractivity (Wildman–Crippen MR) is 263 cm³/mol. The summed E-state index contributed by atoms with van der Waals surface area (Å²) in [4.78, 5) is 41.5. The molecule has 2 aromatic rings. The van der Waals surface area contributed by atoms with Crippen LogP contribution in [-0.2, 0) is 88.8 Å². The Hall–Kier alpha value is -5.03. The van der Waals surface area contributed by atoms with Crippen LogP contribution in [0.2, 0.25) is 0 Å². The molecule has 22 nitrogen and oxygen atoms in total. The molecule has 2 unspecified atom stereocenters. The molecule has 5 rings (SSSR count). The van der Waals surface area contributed by atoms with E-state index in [0.29, 0.717) is 59.5 Å². The summed E-state index contributed by atoms with van der Waals surface area (Å²) in [7, 11) is -11.2. The second-order valence-electron chi connectivity index (χ2n) is 17.6. The van der Waals surface area contributed by atoms with Crippen LogP contribution >= 0.6 is 0 Å². The van der Waals surface area contributed by atoms with Gasteiger partial charge in [-0.3, -0.25) is 9.59 Å². The summed E-state index contributed by atoms with van der Waals surface area (Å²) in [6.45, 7) is 6.53. The van der Waals surface area contributed by atoms with Gasteiger partial charge in [-0.2, -0.15) is 4.58 Å². The largest absolute Gasteiger partial charge is 0.748 e. The third-order valence-corrected chi connectivity index (χ3v) is 15.0. The molecule has 3 aliphatic rings. The Balaban J connectivity index is 1.36. The summed E-state index contributed by atoms with van der Waals surface area (Å²) < 4.78 is 143. The van der Waals surface area contributed by atoms with Crippen molar-refractivity contribution in [2.45, 2.75) is 73.0 Å². The van der Waals surface area contributed by atoms with Gasteiger partial charge in [0.1, 0.15) is 26.8 Å². The van der Waals surface area contributed by atoms with Crippen molar-refractivity contribution in [1.82, 2.24) is 5.06 Å². The lowest BCUT2D eigenvalue weighted by atomic mass is 9.76. The van der Waals surface area contributed by atoms with E-state index < -0.39 is 69.6 Å². The molecule has 3 aliphatic heterocycles. The van der Waals surface area contributed by atoms with E-state index in [1.54, 1.807) is 56.6 Å². The Bertz CT molecular complexity index is 2810. The second-order valence-corrected chi connectivity index (χ2v) is 21.9. The van der Waals surface area contributed by atoms with Gasteiger partial charge >= 0.3 is 5.97 Å². The average Bonchev–Trinajstić information content (AvgIpc) is 3.86. The maximum atomic E-state index is 12.2. The van der Waals surface area contributed by atoms with Crippen LogP contribution < -0.4 is 4.90 Å². The first-order valence-corrected chi connectivity index (χ1v) is 28.1. The topological polar surface area (TPSA) is 297 Å². The Morgan fingerprint density at radius 3 is 1.88 bits per heavy atom. The number of anilines is 1. The molecular formula is C49H63N3O19S3-2. The maximum Gasteiger partial charge on any atom is 0.335 e. The molecule has 0 aromatic heterocycles. The third-order valence-electron chi connectivity index (χ3n) is 12.6. The Morgan fingerprint density at radius 1 is 0.676 bits per heavy atom. The van der Waals surface area contributed by atoms with Crippen molar-refractivity contribution in [2.75, 3.05) is 104 Å². The lowest BCUT2D eigenvalue weighted by molar-refractivity contribution is -0.442. The standard InChI is InChI=1S/C49H65N3O19S3/c1-48(20-10-34-72(56,57)58)39-35-37(73(59,60)61)13-15-41(39)50(22-26-69-32-33-70-29-28-66-4)43(48)11-8-6-5-7-9-12-44-49(2,21-25-65-3)40-36-38(74(62,63)64)14-16-42(40)51(44)23-27-68-31-30-67-24-19-47(55)71-52-45(53)17-18-46(52)54/h5-9,11-16,35-36H,10,17-34H2,1-4H3,(H2-,56,57,58,59,60,61,62,63,64)/p-2. The zero-order valence-electron chi connectivity index (χ0n) is 41.8. The molecule has 408 valence electrons. The number of amides is 2. The van der Waals surface area contributed by atoms with Gasteiger partial charge < -0.3 is 51.8 Å². The van der Waals surface area contributed by atoms with Crippen molar-refractivity contribution in [3.63, 3.8) is 0 Å². The van der Waals surface area contributed by atoms with Crippen LogP contribution in [0.4, 0.5) is 11.4 Å². The van der Waals surface area contributed by atoms with Crippen LogP contribution in [0.15, 0.2) is 94.4 Å². The molecule has 1 saturated heterocycles. The minimum atomic E-state index is -4.88. The van der Waals surface area contributed by atoms with Crippen molar-refractivity contribution in [1.29, 1.82) is 0 Å². The smallest absolute Gasteiger partial charge is 0.335 e. The van der Waals surface area contributed by atoms with E-state index in [-0.39, 0.29) is 96.3 Å². The predicted octanol–water partition coefficient (Wildman–Crippen LogP) is 3.25. The highest BCUT2D eigenvalue weighted by molar-refractivity contribution is 7.86. The molecule has 2 atom stereocenters. The number of hydrogen-bond acceptors (Lipinski definition) is 20. The van der Waals surface area contributed by atoms with Gasteiger partial charge in [0.05, 0.1) is 84.6 Å². The summed E-state index contributed by atoms with van der Waals surface area (Å²) in [6, 6.07) is 8.23. The molecular weight excluding hydrogens is 1030 g/mol. The first-order chi connectivity index (χ1) is 35.0. The first-order valence-electron chi connectivity index (χ1n) is 23.7. The Morgan fingerprint density at radius 2 is 1.24 bits per heavy atom. The number of hydrogen-bond donors (Lipinski definition) is 0. The quantitative estimate of drug-likeness (QED) is 0.0334. The number of imide groups is 1. The molecule has 0 aliphatic carbocycles. The Labute approximate surface area is 432 Å². The highest BCUT2D eigenvalue weighted by Crippen LogP contribution is 2.51. The van der Waals surface area contributed by atoms with Crippen molar-refractivity contribution in [3.05, 3.63) is 95.8 Å². The van der Waals surface area contributed by atoms with Crippen LogP contribution in [0.1, 0.15) is 63.5 Å². The number of ether oxygens (including phenoxy) is 6. The van der Waals surface area contributed by atoms with Crippen molar-refractivity contribution in [2.24, 2.45) is 0 Å². The summed E-state index contributed by atoms with van der Waals surface area (Å²) in [5.74, 6) is -2.62. The van der Waals surface area contributed by atoms with E-state index in [0.717, 1.165) is 5.70 Å². The highest BCUT2D eigenvalue weighted by atomic mass is 32.2. The van der Waals surface area contributed by atoms with Gasteiger partial charge in [0.25, 0.3) is 11.8 Å². The van der Waals surface area contributed by atoms with E-state index >= 15 is 0 Å². The van der Waals surface area contributed by atoms with E-state index in [9.17, 15) is 53.3 Å². The van der Waals surface area contributed by atoms with E-state index in [4.69, 9.17) is 33.3 Å². The fraction of sp³-hybridized carbons (Fsp3) is 0.510. The van der Waals surface area contributed by atoms with Gasteiger partial charge in [-0.25, -0.2) is 30.0 Å². The Kier molecular flexibility index (Phi) is 22.0. The minimum Gasteiger partial charge on any atom is -0.748 e. The number of hydroxylamine groups is 2. The highest BCUT2D eigenvalue weighted by Gasteiger charge is 2.48. The van der Waals surface area contributed by atoms with Gasteiger partial charge in [-0.05, 0) is 75.1 Å². The molecule has 0 radical (unpaired) electrons. The molecule has 0 bridgehead atoms. The molecule has 0 N–H and O–H groups in total. The van der Waals surface area contributed by atoms with Crippen LogP contribution in [0.3, 0.4) is 0 Å². The molecule has 25 heteroatoms. The van der Waals surface area contributed by atoms with Crippen molar-refractivity contribution in [3.8, 4) is 0 Å². The number of nitrogens with zero attached hydrogens (tertiary/aromatic N) is 3. The van der Waals surface area contributed by atoms with Gasteiger partial charge in [0, 0.05) is 80.5 Å². The number of fused-ring (bicyclic) bond motifs is 2. The monoisotopic (exact) mass is 1090 g/mol. The summed E-state index contributed by atoms with van der Waals surface area (Å²) in [5, 5.41) is 0.469. The summed E-state index contributed by atoms with van der Waals surface area (Å²) >= 11 is 0. The van der Waals surface area contributed by atoms with Gasteiger partial charge in [-0.1, -0.05) is 30.4 Å². The molecule has 3 heterocycles. The second kappa shape index (κ2) is 27.1. The van der Waals surface area contributed by atoms with E-state index in [2.05, 4.69) is 0 Å². The normalized spacial score (nSPS) is 19.9. The van der Waals surface area contributed by atoms with E-state index in [1.165, 1.54) is 37.4 Å². The first kappa shape index (κ1) is 59.8. The molecule has 0 spiro atoms. The third kappa shape index (κ3) is 16.2. The number of rotatable bonds is 32. The summed E-state index contributed by atoms with van der Waals surface area (Å²) in [5.41, 5.74) is 1.75. The molecule has 74 heavy (non-hydrogen) atoms. The number of allylic oxidation sites excluding steroid dienone is 8. The fourth-order valence-corrected chi connectivity index (χ4v) is 10.3. The van der Waals surface area contributed by atoms with Crippen LogP contribution in [0.5, 0.6) is 0 Å². The number of carbonyl (C=O) groups is 3. The SMILES string of the molecule is COCCOCCOCC[N+]1=C(/C=C/C=C/C=C/C=C2/N(CCOCCOCCC(=O)ON3C(=O)CCC3=O)c3ccc(S(=O)(=O)[O-])cc3C2(C)CCOC)C(C)(CCCS(=O)(=O)[O-])c2cc(S(=O)(=O)[O-])ccc21. The molecule has 2 amide bonds. The van der Waals surface area contributed by atoms with Crippen LogP contribution in [0, 0.1) is 0 Å². The average molecular weight is 1090 g/mol. The zero-order chi connectivity index (χ0) is 54.2. The zero-order valence-corrected chi connectivity index (χ0v) is 44.2. The number of methoxy groups -OCH3 is 2. The van der Waals surface area contributed by atoms with Gasteiger partial charge in [0.15, 0.2) is 12.3 Å². The van der Waals surface area contributed by atoms with Crippen LogP contribution in [0.25, 0.3) is 0 Å². The van der Waals surface area contributed by atoms with Gasteiger partial charge in [-0.15, -0.1) is 5.06 Å². The molecule has 1 fully saturated rings. The van der Waals surface area contributed by atoms with Gasteiger partial charge in [0.2, 0.25) is 5.69 Å². The summed E-state index contributed by atoms with van der Waals surface area (Å²) in [6.07, 6.45) is 12.6. The van der Waals surface area contributed by atoms with E-state index in [1.807, 2.05) is 22.5 Å². The molecule has 0 saturated carbocycles. The fourth-order valence-electron chi connectivity index (χ4n) is 8.84. The molecule has 2 aromatic carbocycles. The van der Waals surface area contributed by atoms with Crippen molar-refractivity contribution < 1.29 is 91.1 Å². The van der Waals surface area contributed by atoms with Crippen LogP contribution in [-0.4, -0.2) is 171 Å². The lowest BCUT2D eigenvalue weighted by Gasteiger charge is -2.30. The van der Waals surface area contributed by atoms with Crippen molar-refractivity contribution >= 4 is 65.2 Å².